The molecule has 0 unspecified atom stereocenters. The minimum atomic E-state index is -0.410. The second-order valence-corrected chi connectivity index (χ2v) is 5.69. The highest BCUT2D eigenvalue weighted by Gasteiger charge is 2.29. The van der Waals surface area contributed by atoms with Crippen LogP contribution in [0.1, 0.15) is 33.2 Å². The van der Waals surface area contributed by atoms with Gasteiger partial charge in [-0.2, -0.15) is 0 Å². The van der Waals surface area contributed by atoms with Gasteiger partial charge in [0, 0.05) is 6.54 Å². The van der Waals surface area contributed by atoms with Gasteiger partial charge in [0.15, 0.2) is 0 Å². The van der Waals surface area contributed by atoms with E-state index in [0.29, 0.717) is 22.9 Å². The number of thiophene rings is 1. The lowest BCUT2D eigenvalue weighted by molar-refractivity contribution is -0.0385. The second kappa shape index (κ2) is 5.71. The summed E-state index contributed by atoms with van der Waals surface area (Å²) in [7, 11) is 1.33. The molecule has 1 fully saturated rings. The van der Waals surface area contributed by atoms with E-state index in [-0.39, 0.29) is 18.1 Å². The Morgan fingerprint density at radius 3 is 2.74 bits per heavy atom. The van der Waals surface area contributed by atoms with Crippen LogP contribution < -0.4 is 0 Å². The third-order valence-electron chi connectivity index (χ3n) is 3.07. The predicted octanol–water partition coefficient (Wildman–Crippen LogP) is 1.78. The average molecular weight is 283 g/mol. The van der Waals surface area contributed by atoms with Gasteiger partial charge in [0.05, 0.1) is 30.7 Å². The van der Waals surface area contributed by atoms with E-state index in [1.54, 1.807) is 17.0 Å². The second-order valence-electron chi connectivity index (χ2n) is 4.61. The molecule has 0 saturated carbocycles. The molecule has 1 aromatic heterocycles. The molecule has 5 nitrogen and oxygen atoms in total. The van der Waals surface area contributed by atoms with Gasteiger partial charge in [0.2, 0.25) is 0 Å². The largest absolute Gasteiger partial charge is 0.465 e. The van der Waals surface area contributed by atoms with Crippen LogP contribution >= 0.6 is 11.3 Å². The monoisotopic (exact) mass is 283 g/mol. The fraction of sp³-hybridized carbons (Fsp3) is 0.538. The van der Waals surface area contributed by atoms with Crippen molar-refractivity contribution in [2.24, 2.45) is 0 Å². The Labute approximate surface area is 116 Å². The molecular weight excluding hydrogens is 266 g/mol. The first kappa shape index (κ1) is 14.0. The van der Waals surface area contributed by atoms with Crippen LogP contribution in [0.15, 0.2) is 12.1 Å². The first-order valence-corrected chi connectivity index (χ1v) is 6.95. The first-order valence-electron chi connectivity index (χ1n) is 6.13. The highest BCUT2D eigenvalue weighted by atomic mass is 32.1. The molecule has 1 aliphatic rings. The van der Waals surface area contributed by atoms with Crippen molar-refractivity contribution >= 4 is 23.2 Å². The Kier molecular flexibility index (Phi) is 4.21. The van der Waals surface area contributed by atoms with Gasteiger partial charge in [-0.15, -0.1) is 11.3 Å². The summed E-state index contributed by atoms with van der Waals surface area (Å²) in [4.78, 5) is 26.6. The smallest absolute Gasteiger partial charge is 0.348 e. The number of rotatable bonds is 2. The summed E-state index contributed by atoms with van der Waals surface area (Å²) in [6, 6.07) is 3.34. The standard InChI is InChI=1S/C13H17NO4S/c1-8-7-18-9(2)6-14(8)12(15)10-4-5-11(19-10)13(16)17-3/h4-5,8-9H,6-7H2,1-3H3/t8-,9+/m0/s1. The molecular formula is C13H17NO4S. The summed E-state index contributed by atoms with van der Waals surface area (Å²) < 4.78 is 10.1. The van der Waals surface area contributed by atoms with Gasteiger partial charge in [-0.05, 0) is 26.0 Å². The molecule has 1 saturated heterocycles. The molecule has 0 aliphatic carbocycles. The van der Waals surface area contributed by atoms with Crippen molar-refractivity contribution in [2.45, 2.75) is 26.0 Å². The number of nitrogens with zero attached hydrogens (tertiary/aromatic N) is 1. The van der Waals surface area contributed by atoms with Crippen molar-refractivity contribution in [3.05, 3.63) is 21.9 Å². The number of esters is 1. The zero-order valence-electron chi connectivity index (χ0n) is 11.2. The molecule has 6 heteroatoms. The number of carbonyl (C=O) groups excluding carboxylic acids is 2. The number of carbonyl (C=O) groups is 2. The molecule has 0 N–H and O–H groups in total. The van der Waals surface area contributed by atoms with Crippen LogP contribution in [0, 0.1) is 0 Å². The van der Waals surface area contributed by atoms with E-state index in [2.05, 4.69) is 4.74 Å². The van der Waals surface area contributed by atoms with Crippen molar-refractivity contribution < 1.29 is 19.1 Å². The molecule has 2 rings (SSSR count). The number of amides is 1. The Bertz CT molecular complexity index is 485. The van der Waals surface area contributed by atoms with Gasteiger partial charge >= 0.3 is 5.97 Å². The Morgan fingerprint density at radius 2 is 2.05 bits per heavy atom. The van der Waals surface area contributed by atoms with Crippen LogP contribution in [-0.4, -0.2) is 49.2 Å². The van der Waals surface area contributed by atoms with E-state index in [4.69, 9.17) is 4.74 Å². The van der Waals surface area contributed by atoms with Crippen LogP contribution in [0.2, 0.25) is 0 Å². The van der Waals surface area contributed by atoms with Crippen LogP contribution in [-0.2, 0) is 9.47 Å². The summed E-state index contributed by atoms with van der Waals surface area (Å²) >= 11 is 1.16. The Hall–Kier alpha value is -1.40. The lowest BCUT2D eigenvalue weighted by Crippen LogP contribution is -2.50. The molecule has 0 bridgehead atoms. The van der Waals surface area contributed by atoms with E-state index in [9.17, 15) is 9.59 Å². The molecule has 1 aliphatic heterocycles. The normalized spacial score (nSPS) is 23.2. The maximum atomic E-state index is 12.4. The topological polar surface area (TPSA) is 55.8 Å². The number of hydrogen-bond donors (Lipinski definition) is 0. The zero-order valence-corrected chi connectivity index (χ0v) is 12.0. The molecule has 0 aromatic carbocycles. The van der Waals surface area contributed by atoms with Crippen molar-refractivity contribution in [3.63, 3.8) is 0 Å². The summed E-state index contributed by atoms with van der Waals surface area (Å²) in [5.41, 5.74) is 0. The maximum Gasteiger partial charge on any atom is 0.348 e. The molecule has 2 heterocycles. The molecule has 104 valence electrons. The molecule has 19 heavy (non-hydrogen) atoms. The quantitative estimate of drug-likeness (QED) is 0.776. The number of ether oxygens (including phenoxy) is 2. The van der Waals surface area contributed by atoms with Crippen LogP contribution in [0.4, 0.5) is 0 Å². The minimum absolute atomic E-state index is 0.0418. The number of morpholine rings is 1. The van der Waals surface area contributed by atoms with Crippen LogP contribution in [0.25, 0.3) is 0 Å². The Balaban J connectivity index is 2.14. The SMILES string of the molecule is COC(=O)c1ccc(C(=O)N2C[C@@H](C)OC[C@@H]2C)s1. The lowest BCUT2D eigenvalue weighted by atomic mass is 10.2. The van der Waals surface area contributed by atoms with Gasteiger partial charge < -0.3 is 14.4 Å². The van der Waals surface area contributed by atoms with E-state index in [1.807, 2.05) is 13.8 Å². The predicted molar refractivity (Wildman–Crippen MR) is 71.6 cm³/mol. The fourth-order valence-electron chi connectivity index (χ4n) is 1.99. The molecule has 0 radical (unpaired) electrons. The minimum Gasteiger partial charge on any atom is -0.465 e. The number of methoxy groups -OCH3 is 1. The van der Waals surface area contributed by atoms with Crippen LogP contribution in [0.5, 0.6) is 0 Å². The van der Waals surface area contributed by atoms with E-state index in [0.717, 1.165) is 11.3 Å². The summed E-state index contributed by atoms with van der Waals surface area (Å²) in [5, 5.41) is 0. The fourth-order valence-corrected chi connectivity index (χ4v) is 2.87. The summed E-state index contributed by atoms with van der Waals surface area (Å²) in [6.07, 6.45) is 0.0418. The summed E-state index contributed by atoms with van der Waals surface area (Å²) in [6.45, 7) is 5.02. The maximum absolute atomic E-state index is 12.4. The van der Waals surface area contributed by atoms with Gasteiger partial charge in [-0.1, -0.05) is 0 Å². The number of hydrogen-bond acceptors (Lipinski definition) is 5. The summed E-state index contributed by atoms with van der Waals surface area (Å²) in [5.74, 6) is -0.463. The van der Waals surface area contributed by atoms with Crippen molar-refractivity contribution in [2.75, 3.05) is 20.3 Å². The van der Waals surface area contributed by atoms with Crippen molar-refractivity contribution in [1.29, 1.82) is 0 Å². The van der Waals surface area contributed by atoms with Crippen molar-refractivity contribution in [1.82, 2.24) is 4.90 Å². The molecule has 0 spiro atoms. The molecule has 1 amide bonds. The molecule has 2 atom stereocenters. The Morgan fingerprint density at radius 1 is 1.37 bits per heavy atom. The van der Waals surface area contributed by atoms with Crippen LogP contribution in [0.3, 0.4) is 0 Å². The third-order valence-corrected chi connectivity index (χ3v) is 4.13. The van der Waals surface area contributed by atoms with Gasteiger partial charge in [0.1, 0.15) is 4.88 Å². The lowest BCUT2D eigenvalue weighted by Gasteiger charge is -2.36. The first-order chi connectivity index (χ1) is 9.02. The van der Waals surface area contributed by atoms with Crippen molar-refractivity contribution in [3.8, 4) is 0 Å². The van der Waals surface area contributed by atoms with Gasteiger partial charge in [-0.3, -0.25) is 4.79 Å². The van der Waals surface area contributed by atoms with Gasteiger partial charge in [0.25, 0.3) is 5.91 Å². The molecule has 1 aromatic rings. The van der Waals surface area contributed by atoms with E-state index < -0.39 is 5.97 Å². The highest BCUT2D eigenvalue weighted by Crippen LogP contribution is 2.22. The zero-order chi connectivity index (χ0) is 14.0. The average Bonchev–Trinajstić information content (AvgIpc) is 2.89. The van der Waals surface area contributed by atoms with Gasteiger partial charge in [-0.25, -0.2) is 4.79 Å². The third kappa shape index (κ3) is 2.96. The van der Waals surface area contributed by atoms with E-state index in [1.165, 1.54) is 7.11 Å². The van der Waals surface area contributed by atoms with E-state index >= 15 is 0 Å². The highest BCUT2D eigenvalue weighted by molar-refractivity contribution is 7.15.